The first kappa shape index (κ1) is 24.8. The molecule has 0 saturated heterocycles. The molecule has 3 aromatic heterocycles. The lowest BCUT2D eigenvalue weighted by molar-refractivity contribution is -0.140. The van der Waals surface area contributed by atoms with Crippen LogP contribution in [0.15, 0.2) is 41.1 Å². The summed E-state index contributed by atoms with van der Waals surface area (Å²) in [6.07, 6.45) is -0.318. The highest BCUT2D eigenvalue weighted by Gasteiger charge is 2.34. The Kier molecular flexibility index (Phi) is 7.56. The zero-order chi connectivity index (χ0) is 24.9. The molecule has 0 aliphatic rings. The fourth-order valence-corrected chi connectivity index (χ4v) is 3.71. The minimum absolute atomic E-state index is 0.0273. The third-order valence-corrected chi connectivity index (χ3v) is 5.12. The Labute approximate surface area is 196 Å². The predicted molar refractivity (Wildman–Crippen MR) is 121 cm³/mol. The number of alkyl halides is 3. The van der Waals surface area contributed by atoms with Gasteiger partial charge in [-0.1, -0.05) is 0 Å². The Hall–Kier alpha value is -3.87. The van der Waals surface area contributed by atoms with Crippen LogP contribution in [0.2, 0.25) is 0 Å². The van der Waals surface area contributed by atoms with E-state index in [-0.39, 0.29) is 16.7 Å². The van der Waals surface area contributed by atoms with Crippen LogP contribution in [0.3, 0.4) is 0 Å². The molecule has 0 saturated carbocycles. The van der Waals surface area contributed by atoms with Crippen LogP contribution in [-0.2, 0) is 15.7 Å². The second-order valence-electron chi connectivity index (χ2n) is 6.72. The molecule has 0 bridgehead atoms. The van der Waals surface area contributed by atoms with Crippen molar-refractivity contribution >= 4 is 35.1 Å². The van der Waals surface area contributed by atoms with Crippen LogP contribution in [-0.4, -0.2) is 46.4 Å². The maximum Gasteiger partial charge on any atom is 0.434 e. The molecule has 0 radical (unpaired) electrons. The van der Waals surface area contributed by atoms with Gasteiger partial charge < -0.3 is 10.1 Å². The number of carbonyl (C=O) groups excluding carboxylic acids is 2. The normalized spacial score (nSPS) is 11.8. The summed E-state index contributed by atoms with van der Waals surface area (Å²) in [4.78, 5) is 39.3. The van der Waals surface area contributed by atoms with Gasteiger partial charge in [-0.15, -0.1) is 11.3 Å². The molecule has 0 fully saturated rings. The lowest BCUT2D eigenvalue weighted by Gasteiger charge is -2.12. The number of aromatic nitrogens is 3. The highest BCUT2D eigenvalue weighted by molar-refractivity contribution is 7.13. The van der Waals surface area contributed by atoms with Crippen LogP contribution in [0.5, 0.6) is 0 Å². The summed E-state index contributed by atoms with van der Waals surface area (Å²) >= 11 is 0.799. The number of esters is 1. The molecule has 0 unspecified atom stereocenters. The Morgan fingerprint density at radius 1 is 1.18 bits per heavy atom. The number of hydrogen-bond donors (Lipinski definition) is 2. The number of halogens is 3. The molecule has 2 amide bonds. The summed E-state index contributed by atoms with van der Waals surface area (Å²) in [5.41, 5.74) is 0.499. The maximum absolute atomic E-state index is 13.2. The van der Waals surface area contributed by atoms with E-state index in [4.69, 9.17) is 4.74 Å². The second-order valence-corrected chi connectivity index (χ2v) is 7.58. The van der Waals surface area contributed by atoms with Crippen LogP contribution < -0.4 is 10.6 Å². The van der Waals surface area contributed by atoms with Crippen LogP contribution in [0.25, 0.3) is 21.7 Å². The highest BCUT2D eigenvalue weighted by atomic mass is 32.1. The van der Waals surface area contributed by atoms with Gasteiger partial charge in [0.1, 0.15) is 10.8 Å². The van der Waals surface area contributed by atoms with Gasteiger partial charge in [0, 0.05) is 61.2 Å². The molecule has 3 rings (SSSR count). The van der Waals surface area contributed by atoms with Crippen LogP contribution in [0.4, 0.5) is 23.8 Å². The van der Waals surface area contributed by atoms with E-state index >= 15 is 0 Å². The van der Waals surface area contributed by atoms with Crippen molar-refractivity contribution in [1.29, 1.82) is 0 Å². The fraction of sp³-hybridized carbons (Fsp3) is 0.238. The number of anilines is 1. The van der Waals surface area contributed by atoms with Crippen molar-refractivity contribution in [1.82, 2.24) is 20.3 Å². The monoisotopic (exact) mass is 492 g/mol. The molecule has 0 aromatic carbocycles. The number of thiazole rings is 1. The summed E-state index contributed by atoms with van der Waals surface area (Å²) in [5.74, 6) is -0.426. The van der Waals surface area contributed by atoms with Crippen LogP contribution in [0.1, 0.15) is 25.1 Å². The van der Waals surface area contributed by atoms with E-state index in [1.165, 1.54) is 38.6 Å². The fourth-order valence-electron chi connectivity index (χ4n) is 2.85. The van der Waals surface area contributed by atoms with Gasteiger partial charge in [0.05, 0.1) is 5.56 Å². The smallest absolute Gasteiger partial charge is 0.407 e. The van der Waals surface area contributed by atoms with Gasteiger partial charge in [-0.2, -0.15) is 13.2 Å². The Morgan fingerprint density at radius 2 is 1.94 bits per heavy atom. The number of amides is 2. The summed E-state index contributed by atoms with van der Waals surface area (Å²) in [5, 5.41) is 6.06. The molecular formula is C21H19F3N6O3S. The van der Waals surface area contributed by atoms with Crippen molar-refractivity contribution in [3.63, 3.8) is 0 Å². The number of urea groups is 1. The summed E-state index contributed by atoms with van der Waals surface area (Å²) in [7, 11) is 1.44. The number of pyridine rings is 2. The molecule has 3 aromatic rings. The first-order valence-electron chi connectivity index (χ1n) is 9.81. The molecule has 178 valence electrons. The first-order valence-corrected chi connectivity index (χ1v) is 10.7. The Balaban J connectivity index is 2.12. The number of aliphatic imine (C=N–C) groups is 1. The molecule has 3 heterocycles. The van der Waals surface area contributed by atoms with Gasteiger partial charge >= 0.3 is 18.2 Å². The topological polar surface area (TPSA) is 118 Å². The predicted octanol–water partition coefficient (Wildman–Crippen LogP) is 4.37. The van der Waals surface area contributed by atoms with E-state index in [0.29, 0.717) is 28.8 Å². The summed E-state index contributed by atoms with van der Waals surface area (Å²) in [6, 6.07) is 2.52. The van der Waals surface area contributed by atoms with Crippen molar-refractivity contribution < 1.29 is 27.5 Å². The van der Waals surface area contributed by atoms with Crippen molar-refractivity contribution in [3.05, 3.63) is 47.4 Å². The number of ether oxygens (including phenoxy) is 1. The Morgan fingerprint density at radius 3 is 2.56 bits per heavy atom. The molecule has 0 aliphatic heterocycles. The standard InChI is InChI=1S/C21H19F3N6O3S/c1-4-27-20(32)30-17-6-14(19-29-16(10-34-19)21(22,23)24)15(9-28-17)12-5-13(8-26-7-12)18(25-3)33-11(2)31/h5-10H,4H2,1-3H3,(H2,27,28,30,32). The molecule has 9 nitrogen and oxygen atoms in total. The molecule has 0 spiro atoms. The van der Waals surface area contributed by atoms with Crippen LogP contribution in [0, 0.1) is 0 Å². The third-order valence-electron chi connectivity index (χ3n) is 4.25. The lowest BCUT2D eigenvalue weighted by atomic mass is 10.0. The summed E-state index contributed by atoms with van der Waals surface area (Å²) in [6.45, 7) is 3.34. The van der Waals surface area contributed by atoms with Gasteiger partial charge in [-0.05, 0) is 19.1 Å². The third kappa shape index (κ3) is 5.92. The second kappa shape index (κ2) is 10.4. The van der Waals surface area contributed by atoms with Crippen molar-refractivity contribution in [2.75, 3.05) is 18.9 Å². The average molecular weight is 492 g/mol. The highest BCUT2D eigenvalue weighted by Crippen LogP contribution is 2.38. The van der Waals surface area contributed by atoms with Gasteiger partial charge in [-0.25, -0.2) is 14.8 Å². The molecule has 0 atom stereocenters. The zero-order valence-electron chi connectivity index (χ0n) is 18.2. The van der Waals surface area contributed by atoms with Gasteiger partial charge in [0.2, 0.25) is 5.90 Å². The molecule has 13 heteroatoms. The lowest BCUT2D eigenvalue weighted by Crippen LogP contribution is -2.28. The van der Waals surface area contributed by atoms with Crippen molar-refractivity contribution in [2.45, 2.75) is 20.0 Å². The van der Waals surface area contributed by atoms with Gasteiger partial charge in [0.25, 0.3) is 0 Å². The minimum atomic E-state index is -4.61. The Bertz CT molecular complexity index is 1240. The largest absolute Gasteiger partial charge is 0.434 e. The van der Waals surface area contributed by atoms with E-state index in [2.05, 4.69) is 30.6 Å². The van der Waals surface area contributed by atoms with E-state index < -0.39 is 23.9 Å². The quantitative estimate of drug-likeness (QED) is 0.310. The SMILES string of the molecule is CCNC(=O)Nc1cc(-c2nc(C(F)(F)F)cs2)c(-c2cncc(C(=NC)OC(C)=O)c2)cn1. The number of rotatable bonds is 5. The van der Waals surface area contributed by atoms with Crippen molar-refractivity contribution in [3.8, 4) is 21.7 Å². The maximum atomic E-state index is 13.2. The number of hydrogen-bond acceptors (Lipinski definition) is 8. The summed E-state index contributed by atoms with van der Waals surface area (Å²) < 4.78 is 44.6. The van der Waals surface area contributed by atoms with E-state index in [1.807, 2.05) is 0 Å². The van der Waals surface area contributed by atoms with E-state index in [1.54, 1.807) is 13.0 Å². The molecule has 34 heavy (non-hydrogen) atoms. The zero-order valence-corrected chi connectivity index (χ0v) is 19.0. The number of nitrogens with one attached hydrogen (secondary N) is 2. The van der Waals surface area contributed by atoms with Gasteiger partial charge in [0.15, 0.2) is 5.69 Å². The average Bonchev–Trinajstić information content (AvgIpc) is 3.28. The molecule has 0 aliphatic carbocycles. The number of carbonyl (C=O) groups is 2. The molecule has 2 N–H and O–H groups in total. The number of nitrogens with zero attached hydrogens (tertiary/aromatic N) is 4. The minimum Gasteiger partial charge on any atom is -0.407 e. The van der Waals surface area contributed by atoms with E-state index in [0.717, 1.165) is 16.7 Å². The first-order chi connectivity index (χ1) is 16.1. The van der Waals surface area contributed by atoms with E-state index in [9.17, 15) is 22.8 Å². The van der Waals surface area contributed by atoms with Gasteiger partial charge in [-0.3, -0.25) is 20.1 Å². The molecular weight excluding hydrogens is 473 g/mol. The van der Waals surface area contributed by atoms with Crippen molar-refractivity contribution in [2.24, 2.45) is 4.99 Å². The van der Waals surface area contributed by atoms with Crippen LogP contribution >= 0.6 is 11.3 Å².